The minimum absolute atomic E-state index is 0.565. The van der Waals surface area contributed by atoms with Crippen molar-refractivity contribution >= 4 is 11.8 Å². The van der Waals surface area contributed by atoms with Crippen molar-refractivity contribution in [2.45, 2.75) is 31.7 Å². The first-order valence-corrected chi connectivity index (χ1v) is 9.73. The molecule has 6 heteroatoms. The SMILES string of the molecule is Cc1cc(C)n(-c2ccc(CSc3nnc(-c4ccccc4C)o3)cc2)n1. The quantitative estimate of drug-likeness (QED) is 0.451. The molecule has 27 heavy (non-hydrogen) atoms. The summed E-state index contributed by atoms with van der Waals surface area (Å²) in [5.74, 6) is 1.34. The summed E-state index contributed by atoms with van der Waals surface area (Å²) in [5, 5.41) is 13.4. The van der Waals surface area contributed by atoms with Crippen molar-refractivity contribution in [1.82, 2.24) is 20.0 Å². The summed E-state index contributed by atoms with van der Waals surface area (Å²) < 4.78 is 7.77. The van der Waals surface area contributed by atoms with Crippen LogP contribution in [0.15, 0.2) is 64.2 Å². The van der Waals surface area contributed by atoms with Gasteiger partial charge in [-0.2, -0.15) is 5.10 Å². The number of nitrogens with zero attached hydrogens (tertiary/aromatic N) is 4. The largest absolute Gasteiger partial charge is 0.411 e. The molecule has 0 aliphatic rings. The van der Waals surface area contributed by atoms with Gasteiger partial charge in [0.05, 0.1) is 11.4 Å². The molecule has 0 radical (unpaired) electrons. The van der Waals surface area contributed by atoms with Gasteiger partial charge in [-0.3, -0.25) is 0 Å². The maximum Gasteiger partial charge on any atom is 0.277 e. The third-order valence-corrected chi connectivity index (χ3v) is 5.22. The summed E-state index contributed by atoms with van der Waals surface area (Å²) in [7, 11) is 0. The summed E-state index contributed by atoms with van der Waals surface area (Å²) >= 11 is 1.54. The molecule has 2 heterocycles. The normalized spacial score (nSPS) is 11.1. The highest BCUT2D eigenvalue weighted by Gasteiger charge is 2.11. The van der Waals surface area contributed by atoms with E-state index < -0.39 is 0 Å². The zero-order chi connectivity index (χ0) is 18.8. The molecule has 136 valence electrons. The molecule has 4 aromatic rings. The Balaban J connectivity index is 1.44. The van der Waals surface area contributed by atoms with E-state index in [9.17, 15) is 0 Å². The molecule has 2 aromatic heterocycles. The first-order chi connectivity index (χ1) is 13.1. The van der Waals surface area contributed by atoms with Crippen LogP contribution >= 0.6 is 11.8 Å². The van der Waals surface area contributed by atoms with Crippen LogP contribution in [0.1, 0.15) is 22.5 Å². The van der Waals surface area contributed by atoms with Crippen molar-refractivity contribution < 1.29 is 4.42 Å². The smallest absolute Gasteiger partial charge is 0.277 e. The minimum atomic E-state index is 0.565. The van der Waals surface area contributed by atoms with E-state index in [0.29, 0.717) is 11.1 Å². The lowest BCUT2D eigenvalue weighted by atomic mass is 10.1. The van der Waals surface area contributed by atoms with E-state index in [1.54, 1.807) is 11.8 Å². The van der Waals surface area contributed by atoms with Crippen LogP contribution in [0.25, 0.3) is 17.1 Å². The van der Waals surface area contributed by atoms with Gasteiger partial charge < -0.3 is 4.42 Å². The van der Waals surface area contributed by atoms with Crippen LogP contribution in [0.3, 0.4) is 0 Å². The molecule has 0 atom stereocenters. The molecule has 4 rings (SSSR count). The second kappa shape index (κ2) is 7.40. The molecule has 0 bridgehead atoms. The van der Waals surface area contributed by atoms with Crippen molar-refractivity contribution in [3.8, 4) is 17.1 Å². The number of thioether (sulfide) groups is 1. The van der Waals surface area contributed by atoms with Crippen molar-refractivity contribution in [3.63, 3.8) is 0 Å². The second-order valence-corrected chi connectivity index (χ2v) is 7.41. The van der Waals surface area contributed by atoms with Gasteiger partial charge in [-0.15, -0.1) is 10.2 Å². The van der Waals surface area contributed by atoms with E-state index in [0.717, 1.165) is 34.0 Å². The molecule has 0 saturated carbocycles. The highest BCUT2D eigenvalue weighted by atomic mass is 32.2. The van der Waals surface area contributed by atoms with Crippen LogP contribution in [0.4, 0.5) is 0 Å². The standard InChI is InChI=1S/C21H20N4OS/c1-14-6-4-5-7-19(14)20-22-23-21(26-20)27-13-17-8-10-18(11-9-17)25-16(3)12-15(2)24-25/h4-12H,13H2,1-3H3. The van der Waals surface area contributed by atoms with Crippen molar-refractivity contribution in [1.29, 1.82) is 0 Å². The lowest BCUT2D eigenvalue weighted by Crippen LogP contribution is -1.98. The lowest BCUT2D eigenvalue weighted by Gasteiger charge is -2.05. The molecule has 0 amide bonds. The molecule has 0 aliphatic heterocycles. The highest BCUT2D eigenvalue weighted by Crippen LogP contribution is 2.27. The summed E-state index contributed by atoms with van der Waals surface area (Å²) in [6.07, 6.45) is 0. The van der Waals surface area contributed by atoms with Gasteiger partial charge in [-0.25, -0.2) is 4.68 Å². The van der Waals surface area contributed by atoms with E-state index >= 15 is 0 Å². The summed E-state index contributed by atoms with van der Waals surface area (Å²) in [4.78, 5) is 0. The predicted molar refractivity (Wildman–Crippen MR) is 107 cm³/mol. The van der Waals surface area contributed by atoms with Crippen LogP contribution in [-0.4, -0.2) is 20.0 Å². The van der Waals surface area contributed by atoms with Gasteiger partial charge in [0.25, 0.3) is 5.22 Å². The molecule has 0 unspecified atom stereocenters. The fourth-order valence-electron chi connectivity index (χ4n) is 2.96. The number of aromatic nitrogens is 4. The van der Waals surface area contributed by atoms with Crippen LogP contribution in [0.2, 0.25) is 0 Å². The van der Waals surface area contributed by atoms with Crippen molar-refractivity contribution in [2.24, 2.45) is 0 Å². The first-order valence-electron chi connectivity index (χ1n) is 8.75. The average Bonchev–Trinajstić information content (AvgIpc) is 3.27. The van der Waals surface area contributed by atoms with Gasteiger partial charge in [0, 0.05) is 17.0 Å². The van der Waals surface area contributed by atoms with Crippen LogP contribution in [0.5, 0.6) is 0 Å². The highest BCUT2D eigenvalue weighted by molar-refractivity contribution is 7.98. The van der Waals surface area contributed by atoms with Crippen LogP contribution in [-0.2, 0) is 5.75 Å². The Labute approximate surface area is 162 Å². The Hall–Kier alpha value is -2.86. The summed E-state index contributed by atoms with van der Waals surface area (Å²) in [6, 6.07) is 18.5. The predicted octanol–water partition coefficient (Wildman–Crippen LogP) is 5.14. The zero-order valence-electron chi connectivity index (χ0n) is 15.5. The van der Waals surface area contributed by atoms with Gasteiger partial charge in [0.1, 0.15) is 0 Å². The van der Waals surface area contributed by atoms with Crippen LogP contribution in [0, 0.1) is 20.8 Å². The van der Waals surface area contributed by atoms with E-state index in [-0.39, 0.29) is 0 Å². The number of hydrogen-bond acceptors (Lipinski definition) is 5. The third kappa shape index (κ3) is 3.80. The molecule has 2 aromatic carbocycles. The molecule has 0 spiro atoms. The zero-order valence-corrected chi connectivity index (χ0v) is 16.3. The number of rotatable bonds is 5. The van der Waals surface area contributed by atoms with E-state index in [1.807, 2.05) is 42.8 Å². The molecule has 0 N–H and O–H groups in total. The Kier molecular flexibility index (Phi) is 4.81. The minimum Gasteiger partial charge on any atom is -0.411 e. The number of benzene rings is 2. The Morgan fingerprint density at radius 1 is 0.963 bits per heavy atom. The first kappa shape index (κ1) is 17.5. The van der Waals surface area contributed by atoms with Gasteiger partial charge >= 0.3 is 0 Å². The van der Waals surface area contributed by atoms with Gasteiger partial charge in [-0.1, -0.05) is 42.1 Å². The molecule has 0 fully saturated rings. The average molecular weight is 376 g/mol. The van der Waals surface area contributed by atoms with E-state index in [4.69, 9.17) is 4.42 Å². The van der Waals surface area contributed by atoms with Gasteiger partial charge in [-0.05, 0) is 56.2 Å². The van der Waals surface area contributed by atoms with Crippen molar-refractivity contribution in [2.75, 3.05) is 0 Å². The fourth-order valence-corrected chi connectivity index (χ4v) is 3.68. The number of aryl methyl sites for hydroxylation is 3. The topological polar surface area (TPSA) is 56.7 Å². The molecular weight excluding hydrogens is 356 g/mol. The molecule has 0 aliphatic carbocycles. The maximum absolute atomic E-state index is 5.81. The Bertz CT molecular complexity index is 1070. The summed E-state index contributed by atoms with van der Waals surface area (Å²) in [5.41, 5.74) is 6.51. The van der Waals surface area contributed by atoms with Crippen molar-refractivity contribution in [3.05, 3.63) is 77.1 Å². The van der Waals surface area contributed by atoms with Gasteiger partial charge in [0.15, 0.2) is 0 Å². The fraction of sp³-hybridized carbons (Fsp3) is 0.190. The molecular formula is C21H20N4OS. The third-order valence-electron chi connectivity index (χ3n) is 4.33. The lowest BCUT2D eigenvalue weighted by molar-refractivity contribution is 0.465. The second-order valence-electron chi connectivity index (χ2n) is 6.48. The van der Waals surface area contributed by atoms with E-state index in [2.05, 4.69) is 52.6 Å². The molecule has 0 saturated heterocycles. The van der Waals surface area contributed by atoms with E-state index in [1.165, 1.54) is 5.56 Å². The monoisotopic (exact) mass is 376 g/mol. The summed E-state index contributed by atoms with van der Waals surface area (Å²) in [6.45, 7) is 6.10. The maximum atomic E-state index is 5.81. The molecule has 5 nitrogen and oxygen atoms in total. The van der Waals surface area contributed by atoms with Crippen LogP contribution < -0.4 is 0 Å². The van der Waals surface area contributed by atoms with Gasteiger partial charge in [0.2, 0.25) is 5.89 Å². The number of hydrogen-bond donors (Lipinski definition) is 0. The Morgan fingerprint density at radius 3 is 2.44 bits per heavy atom. The Morgan fingerprint density at radius 2 is 1.74 bits per heavy atom.